The molecule has 0 unspecified atom stereocenters. The summed E-state index contributed by atoms with van der Waals surface area (Å²) in [5.41, 5.74) is 0.920. The van der Waals surface area contributed by atoms with Crippen LogP contribution in [0.15, 0.2) is 35.7 Å². The van der Waals surface area contributed by atoms with E-state index in [1.807, 2.05) is 0 Å². The predicted octanol–water partition coefficient (Wildman–Crippen LogP) is 2.56. The van der Waals surface area contributed by atoms with Crippen LogP contribution in [0.4, 0.5) is 4.39 Å². The van der Waals surface area contributed by atoms with E-state index in [2.05, 4.69) is 6.58 Å². The normalized spacial score (nSPS) is 11.5. The lowest BCUT2D eigenvalue weighted by Gasteiger charge is -1.92. The van der Waals surface area contributed by atoms with Gasteiger partial charge in [0.1, 0.15) is 5.83 Å². The highest BCUT2D eigenvalue weighted by atomic mass is 19.1. The topological polar surface area (TPSA) is 17.1 Å². The Morgan fingerprint density at radius 3 is 2.27 bits per heavy atom. The highest BCUT2D eigenvalue weighted by molar-refractivity contribution is 5.79. The number of carbonyl (C=O) groups is 1. The number of hydrogen-bond donors (Lipinski definition) is 0. The highest BCUT2D eigenvalue weighted by Crippen LogP contribution is 2.08. The van der Waals surface area contributed by atoms with Crippen molar-refractivity contribution in [1.82, 2.24) is 0 Å². The molecule has 0 aromatic rings. The molecule has 0 amide bonds. The van der Waals surface area contributed by atoms with Crippen molar-refractivity contribution < 1.29 is 9.18 Å². The zero-order chi connectivity index (χ0) is 8.85. The molecule has 1 nitrogen and oxygen atoms in total. The molecule has 0 radical (unpaired) electrons. The summed E-state index contributed by atoms with van der Waals surface area (Å²) in [6, 6.07) is 0. The summed E-state index contributed by atoms with van der Waals surface area (Å²) in [5, 5.41) is 0. The van der Waals surface area contributed by atoms with E-state index in [9.17, 15) is 9.18 Å². The van der Waals surface area contributed by atoms with Gasteiger partial charge in [0.2, 0.25) is 0 Å². The van der Waals surface area contributed by atoms with E-state index in [1.165, 1.54) is 6.08 Å². The van der Waals surface area contributed by atoms with Gasteiger partial charge in [0.25, 0.3) is 0 Å². The highest BCUT2D eigenvalue weighted by Gasteiger charge is 1.97. The van der Waals surface area contributed by atoms with Crippen LogP contribution in [0, 0.1) is 0 Å². The Hall–Kier alpha value is -1.18. The van der Waals surface area contributed by atoms with Gasteiger partial charge in [-0.15, -0.1) is 0 Å². The van der Waals surface area contributed by atoms with Gasteiger partial charge in [0.05, 0.1) is 0 Å². The first-order valence-corrected chi connectivity index (χ1v) is 3.24. The first-order chi connectivity index (χ1) is 5.11. The summed E-state index contributed by atoms with van der Waals surface area (Å²) in [6.07, 6.45) is 2.97. The number of halogens is 1. The molecule has 0 spiro atoms. The van der Waals surface area contributed by atoms with Crippen molar-refractivity contribution in [3.8, 4) is 0 Å². The van der Waals surface area contributed by atoms with E-state index in [-0.39, 0.29) is 5.57 Å². The largest absolute Gasteiger partial charge is 0.298 e. The molecule has 0 heterocycles. The molecule has 0 aliphatic carbocycles. The van der Waals surface area contributed by atoms with Crippen LogP contribution in [0.2, 0.25) is 0 Å². The maximum atomic E-state index is 12.6. The molecule has 11 heavy (non-hydrogen) atoms. The minimum absolute atomic E-state index is 0.0417. The summed E-state index contributed by atoms with van der Waals surface area (Å²) in [4.78, 5) is 10.3. The molecule has 0 saturated heterocycles. The van der Waals surface area contributed by atoms with Gasteiger partial charge in [-0.2, -0.15) is 0 Å². The summed E-state index contributed by atoms with van der Waals surface area (Å²) < 4.78 is 12.6. The third-order valence-electron chi connectivity index (χ3n) is 1.03. The van der Waals surface area contributed by atoms with Crippen molar-refractivity contribution in [1.29, 1.82) is 0 Å². The van der Waals surface area contributed by atoms with Gasteiger partial charge < -0.3 is 0 Å². The smallest absolute Gasteiger partial charge is 0.152 e. The van der Waals surface area contributed by atoms with Crippen LogP contribution < -0.4 is 0 Å². The number of aldehydes is 1. The van der Waals surface area contributed by atoms with E-state index in [1.54, 1.807) is 13.8 Å². The minimum Gasteiger partial charge on any atom is -0.298 e. The van der Waals surface area contributed by atoms with Crippen LogP contribution in [-0.4, -0.2) is 6.29 Å². The fourth-order valence-corrected chi connectivity index (χ4v) is 0.588. The average molecular weight is 154 g/mol. The molecular weight excluding hydrogens is 143 g/mol. The molecule has 0 atom stereocenters. The van der Waals surface area contributed by atoms with Crippen LogP contribution >= 0.6 is 0 Å². The second-order valence-corrected chi connectivity index (χ2v) is 2.35. The molecule has 60 valence electrons. The summed E-state index contributed by atoms with van der Waals surface area (Å²) in [6.45, 7) is 6.80. The SMILES string of the molecule is C=C/C(F)=C(/C=O)C=C(C)C. The quantitative estimate of drug-likeness (QED) is 0.347. The van der Waals surface area contributed by atoms with Gasteiger partial charge in [-0.25, -0.2) is 4.39 Å². The van der Waals surface area contributed by atoms with E-state index < -0.39 is 5.83 Å². The Kier molecular flexibility index (Phi) is 4.11. The Labute approximate surface area is 65.9 Å². The molecule has 0 rings (SSSR count). The van der Waals surface area contributed by atoms with Crippen LogP contribution in [0.3, 0.4) is 0 Å². The second-order valence-electron chi connectivity index (χ2n) is 2.35. The molecule has 2 heteroatoms. The molecule has 0 aliphatic rings. The summed E-state index contributed by atoms with van der Waals surface area (Å²) in [7, 11) is 0. The Morgan fingerprint density at radius 1 is 1.45 bits per heavy atom. The summed E-state index contributed by atoms with van der Waals surface area (Å²) in [5.74, 6) is -0.582. The zero-order valence-corrected chi connectivity index (χ0v) is 6.73. The number of hydrogen-bond acceptors (Lipinski definition) is 1. The van der Waals surface area contributed by atoms with Crippen molar-refractivity contribution in [3.05, 3.63) is 35.7 Å². The molecule has 0 N–H and O–H groups in total. The van der Waals surface area contributed by atoms with Gasteiger partial charge >= 0.3 is 0 Å². The maximum Gasteiger partial charge on any atom is 0.152 e. The van der Waals surface area contributed by atoms with Crippen molar-refractivity contribution in [2.75, 3.05) is 0 Å². The molecule has 0 aliphatic heterocycles. The molecule has 0 bridgehead atoms. The second kappa shape index (κ2) is 4.61. The van der Waals surface area contributed by atoms with Gasteiger partial charge in [0, 0.05) is 5.57 Å². The Bertz CT molecular complexity index is 220. The molecular formula is C9H11FO. The van der Waals surface area contributed by atoms with Gasteiger partial charge in [-0.3, -0.25) is 4.79 Å². The van der Waals surface area contributed by atoms with E-state index in [4.69, 9.17) is 0 Å². The lowest BCUT2D eigenvalue weighted by molar-refractivity contribution is -0.104. The maximum absolute atomic E-state index is 12.6. The van der Waals surface area contributed by atoms with Gasteiger partial charge in [0.15, 0.2) is 6.29 Å². The van der Waals surface area contributed by atoms with Crippen LogP contribution in [-0.2, 0) is 4.79 Å². The summed E-state index contributed by atoms with van der Waals surface area (Å²) >= 11 is 0. The van der Waals surface area contributed by atoms with Gasteiger partial charge in [-0.05, 0) is 19.9 Å². The lowest BCUT2D eigenvalue weighted by atomic mass is 10.2. The molecule has 0 aromatic heterocycles. The third kappa shape index (κ3) is 3.50. The molecule has 0 aromatic carbocycles. The fraction of sp³-hybridized carbons (Fsp3) is 0.222. The van der Waals surface area contributed by atoms with Crippen molar-refractivity contribution >= 4 is 6.29 Å². The van der Waals surface area contributed by atoms with Crippen LogP contribution in [0.1, 0.15) is 13.8 Å². The fourth-order valence-electron chi connectivity index (χ4n) is 0.588. The predicted molar refractivity (Wildman–Crippen MR) is 43.8 cm³/mol. The standard InChI is InChI=1S/C9H11FO/c1-4-9(10)8(6-11)5-7(2)3/h4-6H,1H2,2-3H3/b9-8-. The van der Waals surface area contributed by atoms with Crippen molar-refractivity contribution in [2.45, 2.75) is 13.8 Å². The average Bonchev–Trinajstić information content (AvgIpc) is 1.98. The van der Waals surface area contributed by atoms with E-state index >= 15 is 0 Å². The van der Waals surface area contributed by atoms with Crippen LogP contribution in [0.25, 0.3) is 0 Å². The van der Waals surface area contributed by atoms with E-state index in [0.717, 1.165) is 11.6 Å². The number of rotatable bonds is 3. The van der Waals surface area contributed by atoms with Crippen molar-refractivity contribution in [2.24, 2.45) is 0 Å². The third-order valence-corrected chi connectivity index (χ3v) is 1.03. The number of carbonyl (C=O) groups excluding carboxylic acids is 1. The van der Waals surface area contributed by atoms with Crippen molar-refractivity contribution in [3.63, 3.8) is 0 Å². The Morgan fingerprint density at radius 2 is 2.00 bits per heavy atom. The minimum atomic E-state index is -0.582. The van der Waals surface area contributed by atoms with E-state index in [0.29, 0.717) is 6.29 Å². The first-order valence-electron chi connectivity index (χ1n) is 3.24. The first kappa shape index (κ1) is 9.82. The molecule has 0 fully saturated rings. The van der Waals surface area contributed by atoms with Gasteiger partial charge in [-0.1, -0.05) is 18.2 Å². The monoisotopic (exact) mass is 154 g/mol. The molecule has 0 saturated carbocycles. The van der Waals surface area contributed by atoms with Crippen LogP contribution in [0.5, 0.6) is 0 Å². The lowest BCUT2D eigenvalue weighted by Crippen LogP contribution is -1.83. The zero-order valence-electron chi connectivity index (χ0n) is 6.73. The Balaban J connectivity index is 4.81. The number of allylic oxidation sites excluding steroid dienone is 5.